The van der Waals surface area contributed by atoms with Gasteiger partial charge in [-0.15, -0.1) is 0 Å². The molecule has 0 bridgehead atoms. The molecule has 0 N–H and O–H groups in total. The maximum atomic E-state index is 5.93. The van der Waals surface area contributed by atoms with Crippen molar-refractivity contribution in [1.29, 1.82) is 0 Å². The Morgan fingerprint density at radius 1 is 1.36 bits per heavy atom. The molecule has 5 heteroatoms. The fourth-order valence-corrected chi connectivity index (χ4v) is 1.92. The van der Waals surface area contributed by atoms with E-state index in [1.54, 1.807) is 7.11 Å². The minimum atomic E-state index is 0.426. The molecule has 0 aliphatic heterocycles. The first-order valence-electron chi connectivity index (χ1n) is 3.86. The Kier molecular flexibility index (Phi) is 2.56. The van der Waals surface area contributed by atoms with Crippen molar-refractivity contribution < 1.29 is 4.74 Å². The zero-order valence-electron chi connectivity index (χ0n) is 7.29. The van der Waals surface area contributed by atoms with Gasteiger partial charge in [-0.05, 0) is 28.1 Å². The van der Waals surface area contributed by atoms with Crippen LogP contribution in [-0.2, 0) is 0 Å². The molecule has 0 amide bonds. The summed E-state index contributed by atoms with van der Waals surface area (Å²) in [7, 11) is 1.60. The lowest BCUT2D eigenvalue weighted by Crippen LogP contribution is -1.88. The van der Waals surface area contributed by atoms with E-state index in [0.717, 1.165) is 21.1 Å². The van der Waals surface area contributed by atoms with Crippen molar-refractivity contribution in [2.24, 2.45) is 0 Å². The highest BCUT2D eigenvalue weighted by Crippen LogP contribution is 2.30. The SMILES string of the molecule is COc1cc(Br)c2ncnc(Cl)c2c1. The first kappa shape index (κ1) is 9.68. The third kappa shape index (κ3) is 1.55. The molecule has 2 rings (SSSR count). The molecule has 0 saturated carbocycles. The molecule has 1 aromatic heterocycles. The van der Waals surface area contributed by atoms with Crippen LogP contribution in [0.25, 0.3) is 10.9 Å². The van der Waals surface area contributed by atoms with E-state index in [-0.39, 0.29) is 0 Å². The van der Waals surface area contributed by atoms with Crippen LogP contribution in [0.15, 0.2) is 22.9 Å². The van der Waals surface area contributed by atoms with Gasteiger partial charge in [-0.25, -0.2) is 9.97 Å². The van der Waals surface area contributed by atoms with Gasteiger partial charge in [0, 0.05) is 9.86 Å². The average Bonchev–Trinajstić information content (AvgIpc) is 2.19. The third-order valence-electron chi connectivity index (χ3n) is 1.85. The first-order chi connectivity index (χ1) is 6.72. The topological polar surface area (TPSA) is 35.0 Å². The third-order valence-corrected chi connectivity index (χ3v) is 2.76. The second-order valence-electron chi connectivity index (χ2n) is 2.67. The Morgan fingerprint density at radius 3 is 2.86 bits per heavy atom. The van der Waals surface area contributed by atoms with E-state index in [1.807, 2.05) is 12.1 Å². The fraction of sp³-hybridized carbons (Fsp3) is 0.111. The molecule has 0 aliphatic rings. The molecular weight excluding hydrogens is 267 g/mol. The second-order valence-corrected chi connectivity index (χ2v) is 3.88. The van der Waals surface area contributed by atoms with Crippen molar-refractivity contribution in [3.05, 3.63) is 28.1 Å². The summed E-state index contributed by atoms with van der Waals surface area (Å²) >= 11 is 9.32. The highest BCUT2D eigenvalue weighted by atomic mass is 79.9. The largest absolute Gasteiger partial charge is 0.497 e. The van der Waals surface area contributed by atoms with Gasteiger partial charge in [0.25, 0.3) is 0 Å². The van der Waals surface area contributed by atoms with Gasteiger partial charge >= 0.3 is 0 Å². The van der Waals surface area contributed by atoms with E-state index in [1.165, 1.54) is 6.33 Å². The predicted octanol–water partition coefficient (Wildman–Crippen LogP) is 3.05. The van der Waals surface area contributed by atoms with Crippen LogP contribution >= 0.6 is 27.5 Å². The van der Waals surface area contributed by atoms with E-state index < -0.39 is 0 Å². The smallest absolute Gasteiger partial charge is 0.140 e. The number of benzene rings is 1. The lowest BCUT2D eigenvalue weighted by atomic mass is 10.2. The van der Waals surface area contributed by atoms with Gasteiger partial charge in [0.15, 0.2) is 0 Å². The molecule has 0 aliphatic carbocycles. The minimum Gasteiger partial charge on any atom is -0.497 e. The molecule has 2 aromatic rings. The van der Waals surface area contributed by atoms with Gasteiger partial charge < -0.3 is 4.74 Å². The second kappa shape index (κ2) is 3.71. The molecule has 14 heavy (non-hydrogen) atoms. The van der Waals surface area contributed by atoms with Gasteiger partial charge in [0.1, 0.15) is 17.2 Å². The van der Waals surface area contributed by atoms with Crippen molar-refractivity contribution in [1.82, 2.24) is 9.97 Å². The van der Waals surface area contributed by atoms with Crippen LogP contribution in [-0.4, -0.2) is 17.1 Å². The number of methoxy groups -OCH3 is 1. The summed E-state index contributed by atoms with van der Waals surface area (Å²) in [5, 5.41) is 1.20. The van der Waals surface area contributed by atoms with Gasteiger partial charge in [-0.2, -0.15) is 0 Å². The normalized spacial score (nSPS) is 10.5. The Hall–Kier alpha value is -0.870. The number of hydrogen-bond acceptors (Lipinski definition) is 3. The molecule has 0 saturated heterocycles. The zero-order valence-corrected chi connectivity index (χ0v) is 9.63. The molecule has 72 valence electrons. The monoisotopic (exact) mass is 272 g/mol. The minimum absolute atomic E-state index is 0.426. The molecular formula is C9H6BrClN2O. The molecule has 0 fully saturated rings. The summed E-state index contributed by atoms with van der Waals surface area (Å²) < 4.78 is 5.96. The zero-order chi connectivity index (χ0) is 10.1. The van der Waals surface area contributed by atoms with E-state index >= 15 is 0 Å². The maximum Gasteiger partial charge on any atom is 0.140 e. The Morgan fingerprint density at radius 2 is 2.14 bits per heavy atom. The Balaban J connectivity index is 2.83. The number of halogens is 2. The molecule has 0 unspecified atom stereocenters. The Labute approximate surface area is 94.2 Å². The van der Waals surface area contributed by atoms with Crippen LogP contribution in [0.3, 0.4) is 0 Å². The number of aromatic nitrogens is 2. The number of hydrogen-bond donors (Lipinski definition) is 0. The lowest BCUT2D eigenvalue weighted by molar-refractivity contribution is 0.415. The predicted molar refractivity (Wildman–Crippen MR) is 58.8 cm³/mol. The van der Waals surface area contributed by atoms with E-state index in [4.69, 9.17) is 16.3 Å². The first-order valence-corrected chi connectivity index (χ1v) is 5.03. The lowest BCUT2D eigenvalue weighted by Gasteiger charge is -2.04. The summed E-state index contributed by atoms with van der Waals surface area (Å²) in [6, 6.07) is 3.65. The summed E-state index contributed by atoms with van der Waals surface area (Å²) in [6.07, 6.45) is 1.43. The highest BCUT2D eigenvalue weighted by Gasteiger charge is 2.07. The molecule has 0 radical (unpaired) electrons. The van der Waals surface area contributed by atoms with Crippen molar-refractivity contribution in [3.63, 3.8) is 0 Å². The van der Waals surface area contributed by atoms with Crippen LogP contribution < -0.4 is 4.74 Å². The van der Waals surface area contributed by atoms with Crippen LogP contribution in [0, 0.1) is 0 Å². The summed E-state index contributed by atoms with van der Waals surface area (Å²) in [6.45, 7) is 0. The van der Waals surface area contributed by atoms with Gasteiger partial charge in [-0.1, -0.05) is 11.6 Å². The number of fused-ring (bicyclic) bond motifs is 1. The van der Waals surface area contributed by atoms with Crippen molar-refractivity contribution in [2.45, 2.75) is 0 Å². The van der Waals surface area contributed by atoms with E-state index in [2.05, 4.69) is 25.9 Å². The molecule has 1 aromatic carbocycles. The summed E-state index contributed by atoms with van der Waals surface area (Å²) in [5.74, 6) is 0.723. The molecule has 3 nitrogen and oxygen atoms in total. The van der Waals surface area contributed by atoms with Crippen molar-refractivity contribution >= 4 is 38.4 Å². The van der Waals surface area contributed by atoms with Crippen molar-refractivity contribution in [2.75, 3.05) is 7.11 Å². The molecule has 0 spiro atoms. The highest BCUT2D eigenvalue weighted by molar-refractivity contribution is 9.10. The number of rotatable bonds is 1. The average molecular weight is 274 g/mol. The van der Waals surface area contributed by atoms with Gasteiger partial charge in [-0.3, -0.25) is 0 Å². The molecule has 0 atom stereocenters. The van der Waals surface area contributed by atoms with E-state index in [0.29, 0.717) is 5.15 Å². The van der Waals surface area contributed by atoms with Crippen LogP contribution in [0.5, 0.6) is 5.75 Å². The molecule has 1 heterocycles. The quantitative estimate of drug-likeness (QED) is 0.749. The summed E-state index contributed by atoms with van der Waals surface area (Å²) in [5.41, 5.74) is 0.783. The summed E-state index contributed by atoms with van der Waals surface area (Å²) in [4.78, 5) is 8.02. The fourth-order valence-electron chi connectivity index (χ4n) is 1.19. The Bertz CT molecular complexity index is 489. The van der Waals surface area contributed by atoms with Gasteiger partial charge in [0.2, 0.25) is 0 Å². The maximum absolute atomic E-state index is 5.93. The standard InChI is InChI=1S/C9H6BrClN2O/c1-14-5-2-6-8(7(10)3-5)12-4-13-9(6)11/h2-4H,1H3. The van der Waals surface area contributed by atoms with Crippen LogP contribution in [0.1, 0.15) is 0 Å². The van der Waals surface area contributed by atoms with E-state index in [9.17, 15) is 0 Å². The van der Waals surface area contributed by atoms with Crippen molar-refractivity contribution in [3.8, 4) is 5.75 Å². The van der Waals surface area contributed by atoms with Crippen LogP contribution in [0.2, 0.25) is 5.15 Å². The van der Waals surface area contributed by atoms with Crippen LogP contribution in [0.4, 0.5) is 0 Å². The number of ether oxygens (including phenoxy) is 1. The number of nitrogens with zero attached hydrogens (tertiary/aromatic N) is 2. The van der Waals surface area contributed by atoms with Gasteiger partial charge in [0.05, 0.1) is 12.6 Å².